The van der Waals surface area contributed by atoms with Crippen molar-refractivity contribution >= 4 is 17.3 Å². The summed E-state index contributed by atoms with van der Waals surface area (Å²) in [4.78, 5) is 12.6. The fourth-order valence-electron chi connectivity index (χ4n) is 1.75. The lowest BCUT2D eigenvalue weighted by Crippen LogP contribution is -2.35. The normalized spacial score (nSPS) is 19.2. The average Bonchev–Trinajstić information content (AvgIpc) is 2.88. The Labute approximate surface area is 105 Å². The third-order valence-corrected chi connectivity index (χ3v) is 3.43. The average molecular weight is 249 g/mol. The van der Waals surface area contributed by atoms with Crippen LogP contribution in [0, 0.1) is 17.8 Å². The van der Waals surface area contributed by atoms with Gasteiger partial charge in [-0.3, -0.25) is 4.79 Å². The quantitative estimate of drug-likeness (QED) is 0.639. The first-order valence-corrected chi connectivity index (χ1v) is 6.64. The van der Waals surface area contributed by atoms with Gasteiger partial charge >= 0.3 is 5.97 Å². The third kappa shape index (κ3) is 3.88. The van der Waals surface area contributed by atoms with Crippen LogP contribution >= 0.6 is 11.3 Å². The van der Waals surface area contributed by atoms with Crippen LogP contribution in [-0.4, -0.2) is 25.7 Å². The van der Waals surface area contributed by atoms with Gasteiger partial charge in [0.25, 0.3) is 0 Å². The zero-order chi connectivity index (χ0) is 11.9. The highest BCUT2D eigenvalue weighted by atomic mass is 32.1. The van der Waals surface area contributed by atoms with Crippen LogP contribution in [0.3, 0.4) is 0 Å². The molecule has 2 heterocycles. The van der Waals surface area contributed by atoms with Gasteiger partial charge in [0.1, 0.15) is 0 Å². The van der Waals surface area contributed by atoms with Crippen molar-refractivity contribution in [2.45, 2.75) is 12.8 Å². The van der Waals surface area contributed by atoms with Gasteiger partial charge in [0, 0.05) is 6.54 Å². The van der Waals surface area contributed by atoms with E-state index in [1.807, 2.05) is 17.5 Å². The SMILES string of the molecule is O=C(OCC#Cc1cccs1)C1CCCNC1. The molecule has 17 heavy (non-hydrogen) atoms. The Kier molecular flexibility index (Phi) is 4.60. The van der Waals surface area contributed by atoms with E-state index in [1.165, 1.54) is 0 Å². The Morgan fingerprint density at radius 3 is 3.29 bits per heavy atom. The van der Waals surface area contributed by atoms with Gasteiger partial charge in [-0.25, -0.2) is 0 Å². The third-order valence-electron chi connectivity index (χ3n) is 2.65. The van der Waals surface area contributed by atoms with Crippen molar-refractivity contribution < 1.29 is 9.53 Å². The molecule has 1 N–H and O–H groups in total. The van der Waals surface area contributed by atoms with Crippen molar-refractivity contribution in [1.82, 2.24) is 5.32 Å². The van der Waals surface area contributed by atoms with E-state index in [0.717, 1.165) is 30.8 Å². The van der Waals surface area contributed by atoms with E-state index < -0.39 is 0 Å². The van der Waals surface area contributed by atoms with Gasteiger partial charge in [-0.1, -0.05) is 17.9 Å². The molecule has 1 aromatic heterocycles. The maximum absolute atomic E-state index is 11.6. The minimum Gasteiger partial charge on any atom is -0.452 e. The standard InChI is InChI=1S/C13H15NO2S/c15-13(11-4-1-7-14-10-11)16-8-2-5-12-6-3-9-17-12/h3,6,9,11,14H,1,4,7-8,10H2. The predicted octanol–water partition coefficient (Wildman–Crippen LogP) is 1.64. The summed E-state index contributed by atoms with van der Waals surface area (Å²) >= 11 is 1.59. The zero-order valence-electron chi connectivity index (χ0n) is 9.57. The lowest BCUT2D eigenvalue weighted by atomic mass is 10.0. The Hall–Kier alpha value is -1.31. The molecular weight excluding hydrogens is 234 g/mol. The number of nitrogens with one attached hydrogen (secondary N) is 1. The van der Waals surface area contributed by atoms with Crippen LogP contribution in [0.4, 0.5) is 0 Å². The molecule has 0 saturated carbocycles. The molecule has 0 aromatic carbocycles. The van der Waals surface area contributed by atoms with Crippen molar-refractivity contribution in [3.05, 3.63) is 22.4 Å². The lowest BCUT2D eigenvalue weighted by Gasteiger charge is -2.20. The van der Waals surface area contributed by atoms with E-state index in [2.05, 4.69) is 17.2 Å². The first-order chi connectivity index (χ1) is 8.36. The molecule has 1 aliphatic rings. The van der Waals surface area contributed by atoms with Gasteiger partial charge in [-0.2, -0.15) is 0 Å². The molecule has 0 radical (unpaired) electrons. The van der Waals surface area contributed by atoms with Gasteiger partial charge in [0.2, 0.25) is 0 Å². The summed E-state index contributed by atoms with van der Waals surface area (Å²) in [6.07, 6.45) is 1.96. The minimum absolute atomic E-state index is 0.00675. The fraction of sp³-hybridized carbons (Fsp3) is 0.462. The first-order valence-electron chi connectivity index (χ1n) is 5.76. The summed E-state index contributed by atoms with van der Waals surface area (Å²) in [6.45, 7) is 1.92. The maximum Gasteiger partial charge on any atom is 0.311 e. The van der Waals surface area contributed by atoms with Crippen molar-refractivity contribution in [2.24, 2.45) is 5.92 Å². The van der Waals surface area contributed by atoms with E-state index in [0.29, 0.717) is 0 Å². The van der Waals surface area contributed by atoms with Gasteiger partial charge < -0.3 is 10.1 Å². The van der Waals surface area contributed by atoms with Crippen molar-refractivity contribution in [3.8, 4) is 11.8 Å². The topological polar surface area (TPSA) is 38.3 Å². The Balaban J connectivity index is 1.72. The van der Waals surface area contributed by atoms with Crippen LogP contribution in [0.5, 0.6) is 0 Å². The van der Waals surface area contributed by atoms with E-state index in [-0.39, 0.29) is 18.5 Å². The smallest absolute Gasteiger partial charge is 0.311 e. The minimum atomic E-state index is -0.127. The zero-order valence-corrected chi connectivity index (χ0v) is 10.4. The molecule has 0 amide bonds. The molecule has 1 atom stereocenters. The van der Waals surface area contributed by atoms with E-state index >= 15 is 0 Å². The Morgan fingerprint density at radius 2 is 2.59 bits per heavy atom. The molecular formula is C13H15NO2S. The van der Waals surface area contributed by atoms with Crippen LogP contribution in [-0.2, 0) is 9.53 Å². The molecule has 1 aromatic rings. The summed E-state index contributed by atoms with van der Waals surface area (Å²) in [5.41, 5.74) is 0. The van der Waals surface area contributed by atoms with Crippen molar-refractivity contribution in [1.29, 1.82) is 0 Å². The summed E-state index contributed by atoms with van der Waals surface area (Å²) < 4.78 is 5.13. The number of piperidine rings is 1. The molecule has 0 aliphatic carbocycles. The van der Waals surface area contributed by atoms with Crippen LogP contribution < -0.4 is 5.32 Å². The number of thiophene rings is 1. The van der Waals surface area contributed by atoms with E-state index in [1.54, 1.807) is 11.3 Å². The molecule has 4 heteroatoms. The van der Waals surface area contributed by atoms with Crippen LogP contribution in [0.25, 0.3) is 0 Å². The van der Waals surface area contributed by atoms with E-state index in [9.17, 15) is 4.79 Å². The van der Waals surface area contributed by atoms with E-state index in [4.69, 9.17) is 4.74 Å². The Bertz CT molecular complexity index is 410. The molecule has 1 fully saturated rings. The largest absolute Gasteiger partial charge is 0.452 e. The molecule has 0 spiro atoms. The molecule has 3 nitrogen and oxygen atoms in total. The lowest BCUT2D eigenvalue weighted by molar-refractivity contribution is -0.147. The summed E-state index contributed by atoms with van der Waals surface area (Å²) in [5.74, 6) is 5.69. The molecule has 1 saturated heterocycles. The number of ether oxygens (including phenoxy) is 1. The van der Waals surface area contributed by atoms with Gasteiger partial charge in [-0.05, 0) is 30.8 Å². The number of hydrogen-bond acceptors (Lipinski definition) is 4. The molecule has 1 unspecified atom stereocenters. The first kappa shape index (κ1) is 12.2. The highest BCUT2D eigenvalue weighted by molar-refractivity contribution is 7.10. The number of carbonyl (C=O) groups is 1. The summed E-state index contributed by atoms with van der Waals surface area (Å²) in [6, 6.07) is 3.90. The number of carbonyl (C=O) groups excluding carboxylic acids is 1. The fourth-order valence-corrected chi connectivity index (χ4v) is 2.34. The summed E-state index contributed by atoms with van der Waals surface area (Å²) in [5, 5.41) is 5.17. The van der Waals surface area contributed by atoms with Gasteiger partial charge in [0.05, 0.1) is 10.8 Å². The van der Waals surface area contributed by atoms with Gasteiger partial charge in [0.15, 0.2) is 6.61 Å². The highest BCUT2D eigenvalue weighted by Crippen LogP contribution is 2.11. The number of esters is 1. The summed E-state index contributed by atoms with van der Waals surface area (Å²) in [7, 11) is 0. The van der Waals surface area contributed by atoms with Crippen LogP contribution in [0.2, 0.25) is 0 Å². The van der Waals surface area contributed by atoms with Crippen molar-refractivity contribution in [2.75, 3.05) is 19.7 Å². The maximum atomic E-state index is 11.6. The Morgan fingerprint density at radius 1 is 1.65 bits per heavy atom. The second-order valence-electron chi connectivity index (χ2n) is 3.93. The van der Waals surface area contributed by atoms with Crippen LogP contribution in [0.15, 0.2) is 17.5 Å². The highest BCUT2D eigenvalue weighted by Gasteiger charge is 2.21. The van der Waals surface area contributed by atoms with Crippen molar-refractivity contribution in [3.63, 3.8) is 0 Å². The van der Waals surface area contributed by atoms with Gasteiger partial charge in [-0.15, -0.1) is 11.3 Å². The molecule has 0 bridgehead atoms. The molecule has 90 valence electrons. The molecule has 2 rings (SSSR count). The van der Waals surface area contributed by atoms with Crippen LogP contribution in [0.1, 0.15) is 17.7 Å². The second kappa shape index (κ2) is 6.43. The second-order valence-corrected chi connectivity index (χ2v) is 4.88. The number of hydrogen-bond donors (Lipinski definition) is 1. The monoisotopic (exact) mass is 249 g/mol. The number of rotatable bonds is 2. The molecule has 1 aliphatic heterocycles. The predicted molar refractivity (Wildman–Crippen MR) is 67.7 cm³/mol.